The first-order valence-electron chi connectivity index (χ1n) is 9.76. The lowest BCUT2D eigenvalue weighted by Crippen LogP contribution is -2.44. The number of likely N-dealkylation sites (tertiary alicyclic amines) is 1. The van der Waals surface area contributed by atoms with Gasteiger partial charge in [0.25, 0.3) is 0 Å². The van der Waals surface area contributed by atoms with Crippen LogP contribution < -0.4 is 0 Å². The zero-order valence-corrected chi connectivity index (χ0v) is 20.0. The molecule has 0 N–H and O–H groups in total. The number of piperidine rings is 1. The van der Waals surface area contributed by atoms with E-state index in [4.69, 9.17) is 0 Å². The number of hydrogen-bond acceptors (Lipinski definition) is 2. The van der Waals surface area contributed by atoms with Crippen LogP contribution in [0.4, 0.5) is 0 Å². The van der Waals surface area contributed by atoms with Crippen molar-refractivity contribution >= 4 is 37.8 Å². The summed E-state index contributed by atoms with van der Waals surface area (Å²) in [6, 6.07) is 16.8. The molecule has 28 heavy (non-hydrogen) atoms. The standard InChI is InChI=1S/C23H28Br2N2O/c1-17(18-13-20(24)15-21(25)14-18)27(3)22(28)16-23(9-11-26(2)12-10-23)19-7-5-4-6-8-19/h4-8,13-15,17H,9-12,16H2,1-3H3. The van der Waals surface area contributed by atoms with E-state index < -0.39 is 0 Å². The van der Waals surface area contributed by atoms with Gasteiger partial charge in [-0.15, -0.1) is 0 Å². The Labute approximate surface area is 185 Å². The lowest BCUT2D eigenvalue weighted by atomic mass is 9.70. The van der Waals surface area contributed by atoms with Gasteiger partial charge in [-0.1, -0.05) is 62.2 Å². The molecule has 3 nitrogen and oxygen atoms in total. The van der Waals surface area contributed by atoms with Gasteiger partial charge in [0.1, 0.15) is 0 Å². The lowest BCUT2D eigenvalue weighted by molar-refractivity contribution is -0.133. The van der Waals surface area contributed by atoms with Crippen LogP contribution in [0.25, 0.3) is 0 Å². The van der Waals surface area contributed by atoms with Crippen molar-refractivity contribution in [1.29, 1.82) is 0 Å². The van der Waals surface area contributed by atoms with Gasteiger partial charge >= 0.3 is 0 Å². The van der Waals surface area contributed by atoms with Crippen molar-refractivity contribution in [2.75, 3.05) is 27.2 Å². The van der Waals surface area contributed by atoms with Gasteiger partial charge in [-0.2, -0.15) is 0 Å². The number of nitrogens with zero attached hydrogens (tertiary/aromatic N) is 2. The Morgan fingerprint density at radius 1 is 1.11 bits per heavy atom. The minimum Gasteiger partial charge on any atom is -0.339 e. The van der Waals surface area contributed by atoms with Crippen LogP contribution in [0.5, 0.6) is 0 Å². The molecule has 1 heterocycles. The number of amides is 1. The fourth-order valence-electron chi connectivity index (χ4n) is 4.08. The minimum absolute atomic E-state index is 0.0142. The van der Waals surface area contributed by atoms with E-state index in [1.54, 1.807) is 0 Å². The number of benzene rings is 2. The predicted octanol–water partition coefficient (Wildman–Crippen LogP) is 5.78. The number of carbonyl (C=O) groups is 1. The van der Waals surface area contributed by atoms with Crippen LogP contribution in [-0.4, -0.2) is 42.9 Å². The second kappa shape index (κ2) is 9.10. The summed E-state index contributed by atoms with van der Waals surface area (Å²) in [7, 11) is 4.09. The first-order chi connectivity index (χ1) is 13.3. The van der Waals surface area contributed by atoms with Crippen LogP contribution in [0.15, 0.2) is 57.5 Å². The van der Waals surface area contributed by atoms with E-state index in [1.165, 1.54) is 5.56 Å². The first-order valence-corrected chi connectivity index (χ1v) is 11.3. The highest BCUT2D eigenvalue weighted by Gasteiger charge is 2.38. The summed E-state index contributed by atoms with van der Waals surface area (Å²) >= 11 is 7.11. The van der Waals surface area contributed by atoms with Gasteiger partial charge in [-0.25, -0.2) is 0 Å². The van der Waals surface area contributed by atoms with Crippen molar-refractivity contribution in [3.05, 3.63) is 68.6 Å². The van der Waals surface area contributed by atoms with Gasteiger partial charge in [0.15, 0.2) is 0 Å². The third-order valence-electron chi connectivity index (χ3n) is 6.16. The van der Waals surface area contributed by atoms with Crippen molar-refractivity contribution < 1.29 is 4.79 Å². The maximum absolute atomic E-state index is 13.3. The monoisotopic (exact) mass is 506 g/mol. The average Bonchev–Trinajstić information content (AvgIpc) is 2.68. The Balaban J connectivity index is 1.81. The van der Waals surface area contributed by atoms with Gasteiger partial charge in [0.05, 0.1) is 6.04 Å². The molecule has 1 unspecified atom stereocenters. The fourth-order valence-corrected chi connectivity index (χ4v) is 5.41. The van der Waals surface area contributed by atoms with E-state index in [0.29, 0.717) is 6.42 Å². The Kier molecular flexibility index (Phi) is 7.00. The third kappa shape index (κ3) is 4.87. The van der Waals surface area contributed by atoms with Crippen molar-refractivity contribution in [1.82, 2.24) is 9.80 Å². The summed E-state index contributed by atoms with van der Waals surface area (Å²) in [5.74, 6) is 0.206. The molecule has 1 amide bonds. The Morgan fingerprint density at radius 3 is 2.25 bits per heavy atom. The van der Waals surface area contributed by atoms with Crippen LogP contribution in [0.1, 0.15) is 43.4 Å². The summed E-state index contributed by atoms with van der Waals surface area (Å²) in [6.07, 6.45) is 2.59. The van der Waals surface area contributed by atoms with Crippen molar-refractivity contribution in [2.24, 2.45) is 0 Å². The third-order valence-corrected chi connectivity index (χ3v) is 7.08. The molecule has 5 heteroatoms. The largest absolute Gasteiger partial charge is 0.339 e. The van der Waals surface area contributed by atoms with Crippen LogP contribution in [0.2, 0.25) is 0 Å². The van der Waals surface area contributed by atoms with E-state index in [0.717, 1.165) is 40.4 Å². The molecular formula is C23H28Br2N2O. The molecule has 0 saturated carbocycles. The molecule has 2 aromatic carbocycles. The average molecular weight is 508 g/mol. The SMILES string of the molecule is CC(c1cc(Br)cc(Br)c1)N(C)C(=O)CC1(c2ccccc2)CCN(C)CC1. The van der Waals surface area contributed by atoms with Gasteiger partial charge in [-0.05, 0) is 69.2 Å². The van der Waals surface area contributed by atoms with Crippen LogP contribution in [0.3, 0.4) is 0 Å². The van der Waals surface area contributed by atoms with Crippen LogP contribution in [0, 0.1) is 0 Å². The lowest BCUT2D eigenvalue weighted by Gasteiger charge is -2.42. The fraction of sp³-hybridized carbons (Fsp3) is 0.435. The molecule has 1 aliphatic rings. The summed E-state index contributed by atoms with van der Waals surface area (Å²) in [6.45, 7) is 4.15. The van der Waals surface area contributed by atoms with Crippen LogP contribution in [-0.2, 0) is 10.2 Å². The maximum atomic E-state index is 13.3. The Morgan fingerprint density at radius 2 is 1.68 bits per heavy atom. The molecule has 0 radical (unpaired) electrons. The topological polar surface area (TPSA) is 23.6 Å². The molecule has 3 rings (SSSR count). The summed E-state index contributed by atoms with van der Waals surface area (Å²) in [5, 5.41) is 0. The second-order valence-electron chi connectivity index (χ2n) is 8.01. The first kappa shape index (κ1) is 21.5. The molecule has 0 spiro atoms. The van der Waals surface area contributed by atoms with E-state index in [-0.39, 0.29) is 17.4 Å². The summed E-state index contributed by atoms with van der Waals surface area (Å²) in [4.78, 5) is 17.6. The van der Waals surface area contributed by atoms with Gasteiger partial charge in [0, 0.05) is 27.8 Å². The molecule has 0 aliphatic carbocycles. The Bertz CT molecular complexity index is 796. The van der Waals surface area contributed by atoms with E-state index in [2.05, 4.69) is 87.1 Å². The minimum atomic E-state index is -0.0727. The predicted molar refractivity (Wildman–Crippen MR) is 122 cm³/mol. The smallest absolute Gasteiger partial charge is 0.223 e. The molecule has 150 valence electrons. The number of carbonyl (C=O) groups excluding carboxylic acids is 1. The zero-order chi connectivity index (χ0) is 20.3. The molecule has 1 atom stereocenters. The normalized spacial score (nSPS) is 17.9. The highest BCUT2D eigenvalue weighted by atomic mass is 79.9. The molecular weight excluding hydrogens is 480 g/mol. The van der Waals surface area contributed by atoms with E-state index in [9.17, 15) is 4.79 Å². The number of hydrogen-bond donors (Lipinski definition) is 0. The zero-order valence-electron chi connectivity index (χ0n) is 16.8. The van der Waals surface area contributed by atoms with E-state index >= 15 is 0 Å². The van der Waals surface area contributed by atoms with Crippen molar-refractivity contribution in [2.45, 2.75) is 37.6 Å². The molecule has 0 aromatic heterocycles. The van der Waals surface area contributed by atoms with Gasteiger partial charge in [-0.3, -0.25) is 4.79 Å². The molecule has 1 saturated heterocycles. The van der Waals surface area contributed by atoms with Gasteiger partial charge in [0.2, 0.25) is 5.91 Å². The highest BCUT2D eigenvalue weighted by Crippen LogP contribution is 2.39. The molecule has 0 bridgehead atoms. The Hall–Kier alpha value is -1.17. The maximum Gasteiger partial charge on any atom is 0.223 e. The second-order valence-corrected chi connectivity index (χ2v) is 9.84. The van der Waals surface area contributed by atoms with E-state index in [1.807, 2.05) is 24.1 Å². The summed E-state index contributed by atoms with van der Waals surface area (Å²) in [5.41, 5.74) is 2.34. The molecule has 1 aliphatic heterocycles. The highest BCUT2D eigenvalue weighted by molar-refractivity contribution is 9.11. The number of rotatable bonds is 5. The van der Waals surface area contributed by atoms with Gasteiger partial charge < -0.3 is 9.80 Å². The molecule has 2 aromatic rings. The van der Waals surface area contributed by atoms with Crippen LogP contribution >= 0.6 is 31.9 Å². The molecule has 1 fully saturated rings. The van der Waals surface area contributed by atoms with Crippen molar-refractivity contribution in [3.8, 4) is 0 Å². The quantitative estimate of drug-likeness (QED) is 0.511. The van der Waals surface area contributed by atoms with Crippen molar-refractivity contribution in [3.63, 3.8) is 0 Å². The summed E-state index contributed by atoms with van der Waals surface area (Å²) < 4.78 is 2.03. The number of halogens is 2.